The zero-order valence-corrected chi connectivity index (χ0v) is 11.9. The van der Waals surface area contributed by atoms with Gasteiger partial charge < -0.3 is 4.74 Å². The molecule has 22 heavy (non-hydrogen) atoms. The Morgan fingerprint density at radius 2 is 1.64 bits per heavy atom. The van der Waals surface area contributed by atoms with Crippen LogP contribution in [0.3, 0.4) is 0 Å². The standard InChI is InChI=1S/C17H16F4O/c18-15-10-9-13(6-4-5-11-17(19,20)21)12-16(15)22-14-7-2-1-3-8-14/h1-3,7-10,12H,4-6,11H2. The molecule has 0 bridgehead atoms. The molecule has 1 nitrogen and oxygen atoms in total. The van der Waals surface area contributed by atoms with Gasteiger partial charge in [-0.3, -0.25) is 0 Å². The molecule has 5 heteroatoms. The predicted octanol–water partition coefficient (Wildman–Crippen LogP) is 5.89. The van der Waals surface area contributed by atoms with Crippen LogP contribution in [0.1, 0.15) is 24.8 Å². The Morgan fingerprint density at radius 1 is 0.909 bits per heavy atom. The summed E-state index contributed by atoms with van der Waals surface area (Å²) in [7, 11) is 0. The number of aryl methyl sites for hydroxylation is 1. The van der Waals surface area contributed by atoms with Crippen molar-refractivity contribution in [2.75, 3.05) is 0 Å². The highest BCUT2D eigenvalue weighted by Crippen LogP contribution is 2.27. The van der Waals surface area contributed by atoms with E-state index < -0.39 is 18.4 Å². The number of hydrogen-bond donors (Lipinski definition) is 0. The summed E-state index contributed by atoms with van der Waals surface area (Å²) >= 11 is 0. The normalized spacial score (nSPS) is 11.5. The van der Waals surface area contributed by atoms with Crippen molar-refractivity contribution in [1.29, 1.82) is 0 Å². The van der Waals surface area contributed by atoms with E-state index in [1.165, 1.54) is 12.1 Å². The van der Waals surface area contributed by atoms with Gasteiger partial charge >= 0.3 is 6.18 Å². The molecule has 0 N–H and O–H groups in total. The zero-order chi connectivity index (χ0) is 16.0. The molecule has 2 aromatic rings. The topological polar surface area (TPSA) is 9.23 Å². The number of halogens is 4. The Kier molecular flexibility index (Phi) is 5.41. The van der Waals surface area contributed by atoms with Crippen LogP contribution < -0.4 is 4.74 Å². The molecule has 0 amide bonds. The second-order valence-electron chi connectivity index (χ2n) is 5.00. The first-order valence-corrected chi connectivity index (χ1v) is 7.02. The molecule has 0 aromatic heterocycles. The first kappa shape index (κ1) is 16.3. The molecule has 0 atom stereocenters. The molecule has 0 spiro atoms. The van der Waals surface area contributed by atoms with E-state index in [0.717, 1.165) is 5.56 Å². The second kappa shape index (κ2) is 7.29. The maximum absolute atomic E-state index is 13.7. The van der Waals surface area contributed by atoms with E-state index in [1.54, 1.807) is 30.3 Å². The average molecular weight is 312 g/mol. The van der Waals surface area contributed by atoms with E-state index in [1.807, 2.05) is 6.07 Å². The Labute approximate surface area is 126 Å². The lowest BCUT2D eigenvalue weighted by Gasteiger charge is -2.09. The highest BCUT2D eigenvalue weighted by molar-refractivity contribution is 5.35. The van der Waals surface area contributed by atoms with E-state index in [0.29, 0.717) is 18.6 Å². The van der Waals surface area contributed by atoms with Crippen LogP contribution in [0, 0.1) is 5.82 Å². The first-order valence-electron chi connectivity index (χ1n) is 7.02. The number of rotatable bonds is 6. The number of para-hydroxylation sites is 1. The minimum atomic E-state index is -4.12. The quantitative estimate of drug-likeness (QED) is 0.477. The fraction of sp³-hybridized carbons (Fsp3) is 0.294. The molecule has 2 aromatic carbocycles. The number of benzene rings is 2. The molecule has 0 fully saturated rings. The van der Waals surface area contributed by atoms with Crippen molar-refractivity contribution < 1.29 is 22.3 Å². The van der Waals surface area contributed by atoms with E-state index in [-0.39, 0.29) is 12.2 Å². The fourth-order valence-electron chi connectivity index (χ4n) is 2.05. The predicted molar refractivity (Wildman–Crippen MR) is 76.5 cm³/mol. The fourth-order valence-corrected chi connectivity index (χ4v) is 2.05. The molecule has 0 saturated carbocycles. The van der Waals surface area contributed by atoms with Gasteiger partial charge in [0, 0.05) is 6.42 Å². The van der Waals surface area contributed by atoms with Crippen LogP contribution in [-0.4, -0.2) is 6.18 Å². The third-order valence-corrected chi connectivity index (χ3v) is 3.14. The summed E-state index contributed by atoms with van der Waals surface area (Å²) < 4.78 is 55.4. The van der Waals surface area contributed by atoms with Gasteiger partial charge in [-0.05, 0) is 49.1 Å². The van der Waals surface area contributed by atoms with E-state index in [2.05, 4.69) is 0 Å². The van der Waals surface area contributed by atoms with Gasteiger partial charge in [0.15, 0.2) is 11.6 Å². The van der Waals surface area contributed by atoms with Gasteiger partial charge in [-0.2, -0.15) is 13.2 Å². The molecular weight excluding hydrogens is 296 g/mol. The minimum absolute atomic E-state index is 0.0652. The van der Waals surface area contributed by atoms with Crippen molar-refractivity contribution in [2.45, 2.75) is 31.9 Å². The van der Waals surface area contributed by atoms with Crippen LogP contribution in [0.5, 0.6) is 11.5 Å². The van der Waals surface area contributed by atoms with Gasteiger partial charge in [-0.15, -0.1) is 0 Å². The highest BCUT2D eigenvalue weighted by Gasteiger charge is 2.25. The Morgan fingerprint density at radius 3 is 2.32 bits per heavy atom. The molecular formula is C17H16F4O. The van der Waals surface area contributed by atoms with Gasteiger partial charge in [0.05, 0.1) is 0 Å². The third-order valence-electron chi connectivity index (χ3n) is 3.14. The van der Waals surface area contributed by atoms with Crippen LogP contribution >= 0.6 is 0 Å². The van der Waals surface area contributed by atoms with Gasteiger partial charge in [0.1, 0.15) is 5.75 Å². The summed E-state index contributed by atoms with van der Waals surface area (Å²) in [4.78, 5) is 0. The van der Waals surface area contributed by atoms with E-state index in [9.17, 15) is 17.6 Å². The lowest BCUT2D eigenvalue weighted by atomic mass is 10.1. The molecule has 0 aliphatic carbocycles. The third kappa shape index (κ3) is 5.39. The molecule has 2 rings (SSSR count). The van der Waals surface area contributed by atoms with Gasteiger partial charge in [0.2, 0.25) is 0 Å². The van der Waals surface area contributed by atoms with Gasteiger partial charge in [0.25, 0.3) is 0 Å². The van der Waals surface area contributed by atoms with Crippen molar-refractivity contribution >= 4 is 0 Å². The van der Waals surface area contributed by atoms with E-state index in [4.69, 9.17) is 4.74 Å². The summed E-state index contributed by atoms with van der Waals surface area (Å²) in [6.07, 6.45) is -3.99. The van der Waals surface area contributed by atoms with Gasteiger partial charge in [-0.25, -0.2) is 4.39 Å². The second-order valence-corrected chi connectivity index (χ2v) is 5.00. The Bertz CT molecular complexity index is 593. The summed E-state index contributed by atoms with van der Waals surface area (Å²) in [5, 5.41) is 0. The number of alkyl halides is 3. The maximum Gasteiger partial charge on any atom is 0.389 e. The molecule has 0 heterocycles. The number of unbranched alkanes of at least 4 members (excludes halogenated alkanes) is 1. The highest BCUT2D eigenvalue weighted by atomic mass is 19.4. The van der Waals surface area contributed by atoms with Crippen LogP contribution in [0.25, 0.3) is 0 Å². The van der Waals surface area contributed by atoms with Crippen LogP contribution in [0.15, 0.2) is 48.5 Å². The molecule has 118 valence electrons. The number of ether oxygens (including phenoxy) is 1. The molecule has 0 aliphatic heterocycles. The smallest absolute Gasteiger partial charge is 0.389 e. The summed E-state index contributed by atoms with van der Waals surface area (Å²) in [5.41, 5.74) is 0.759. The summed E-state index contributed by atoms with van der Waals surface area (Å²) in [6.45, 7) is 0. The Hall–Kier alpha value is -2.04. The summed E-state index contributed by atoms with van der Waals surface area (Å²) in [6, 6.07) is 13.2. The number of hydrogen-bond acceptors (Lipinski definition) is 1. The Balaban J connectivity index is 1.95. The van der Waals surface area contributed by atoms with Crippen LogP contribution in [0.4, 0.5) is 17.6 Å². The molecule has 0 radical (unpaired) electrons. The monoisotopic (exact) mass is 312 g/mol. The maximum atomic E-state index is 13.7. The van der Waals surface area contributed by atoms with Gasteiger partial charge in [-0.1, -0.05) is 24.3 Å². The SMILES string of the molecule is Fc1ccc(CCCCC(F)(F)F)cc1Oc1ccccc1. The van der Waals surface area contributed by atoms with E-state index >= 15 is 0 Å². The minimum Gasteiger partial charge on any atom is -0.454 e. The van der Waals surface area contributed by atoms with Crippen molar-refractivity contribution in [2.24, 2.45) is 0 Å². The first-order chi connectivity index (χ1) is 10.4. The lowest BCUT2D eigenvalue weighted by molar-refractivity contribution is -0.135. The molecule has 0 unspecified atom stereocenters. The van der Waals surface area contributed by atoms with Crippen molar-refractivity contribution in [3.63, 3.8) is 0 Å². The van der Waals surface area contributed by atoms with Crippen molar-refractivity contribution in [3.05, 3.63) is 59.9 Å². The van der Waals surface area contributed by atoms with Crippen LogP contribution in [-0.2, 0) is 6.42 Å². The molecule has 0 aliphatic rings. The largest absolute Gasteiger partial charge is 0.454 e. The molecule has 0 saturated heterocycles. The average Bonchev–Trinajstić information content (AvgIpc) is 2.47. The zero-order valence-electron chi connectivity index (χ0n) is 11.9. The lowest BCUT2D eigenvalue weighted by Crippen LogP contribution is -2.06. The van der Waals surface area contributed by atoms with Crippen molar-refractivity contribution in [3.8, 4) is 11.5 Å². The van der Waals surface area contributed by atoms with Crippen molar-refractivity contribution in [1.82, 2.24) is 0 Å². The summed E-state index contributed by atoms with van der Waals surface area (Å²) in [5.74, 6) is 0.0954. The van der Waals surface area contributed by atoms with Crippen LogP contribution in [0.2, 0.25) is 0 Å².